The highest BCUT2D eigenvalue weighted by Crippen LogP contribution is 2.37. The van der Waals surface area contributed by atoms with Crippen LogP contribution in [0.15, 0.2) is 58.8 Å². The van der Waals surface area contributed by atoms with Crippen LogP contribution in [0.25, 0.3) is 0 Å². The summed E-state index contributed by atoms with van der Waals surface area (Å²) >= 11 is 12.6. The van der Waals surface area contributed by atoms with Crippen LogP contribution in [0.4, 0.5) is 18.9 Å². The third-order valence-electron chi connectivity index (χ3n) is 5.62. The SMILES string of the molecule is O=C(NCc1ccc(S(=O)(=O)N2CCN(c3ccc(Cl)c(C(F)(F)F)c3)CC2)s1)c1ccc(Cl)cc1. The van der Waals surface area contributed by atoms with E-state index >= 15 is 0 Å². The molecular formula is C23H20Cl2F3N3O3S2. The van der Waals surface area contributed by atoms with Gasteiger partial charge >= 0.3 is 6.18 Å². The monoisotopic (exact) mass is 577 g/mol. The summed E-state index contributed by atoms with van der Waals surface area (Å²) in [5.41, 5.74) is -0.158. The maximum atomic E-state index is 13.2. The molecule has 4 rings (SSSR count). The molecule has 3 aromatic rings. The highest BCUT2D eigenvalue weighted by molar-refractivity contribution is 7.91. The lowest BCUT2D eigenvalue weighted by atomic mass is 10.1. The van der Waals surface area contributed by atoms with Crippen molar-refractivity contribution >= 4 is 56.2 Å². The maximum Gasteiger partial charge on any atom is 0.417 e. The standard InChI is InChI=1S/C23H20Cl2F3N3O3S2/c24-16-3-1-15(2-4-16)22(32)29-14-18-6-8-21(35-18)36(33,34)31-11-9-30(10-12-31)17-5-7-20(25)19(13-17)23(26,27)28/h1-8,13H,9-12,14H2,(H,29,32). The summed E-state index contributed by atoms with van der Waals surface area (Å²) in [6.07, 6.45) is -4.58. The zero-order valence-corrected chi connectivity index (χ0v) is 21.7. The summed E-state index contributed by atoms with van der Waals surface area (Å²) in [6.45, 7) is 0.855. The Morgan fingerprint density at radius 2 is 1.64 bits per heavy atom. The summed E-state index contributed by atoms with van der Waals surface area (Å²) < 4.78 is 67.2. The summed E-state index contributed by atoms with van der Waals surface area (Å²) in [7, 11) is -3.78. The van der Waals surface area contributed by atoms with Gasteiger partial charge in [-0.25, -0.2) is 8.42 Å². The first-order valence-corrected chi connectivity index (χ1v) is 13.7. The normalized spacial score (nSPS) is 15.2. The number of carbonyl (C=O) groups excluding carboxylic acids is 1. The second kappa shape index (κ2) is 10.6. The first kappa shape index (κ1) is 26.7. The Labute approximate surface area is 220 Å². The molecule has 0 saturated carbocycles. The van der Waals surface area contributed by atoms with Crippen molar-refractivity contribution in [2.24, 2.45) is 0 Å². The van der Waals surface area contributed by atoms with Crippen LogP contribution in [0.3, 0.4) is 0 Å². The summed E-state index contributed by atoms with van der Waals surface area (Å²) in [6, 6.07) is 13.2. The van der Waals surface area contributed by atoms with Crippen molar-refractivity contribution in [1.29, 1.82) is 0 Å². The fourth-order valence-electron chi connectivity index (χ4n) is 3.70. The van der Waals surface area contributed by atoms with E-state index in [1.165, 1.54) is 22.5 Å². The Morgan fingerprint density at radius 1 is 0.972 bits per heavy atom. The number of halogens is 5. The second-order valence-corrected chi connectivity index (χ2v) is 12.1. The van der Waals surface area contributed by atoms with Crippen molar-refractivity contribution in [3.63, 3.8) is 0 Å². The van der Waals surface area contributed by atoms with Gasteiger partial charge in [0.15, 0.2) is 0 Å². The lowest BCUT2D eigenvalue weighted by Crippen LogP contribution is -2.48. The Balaban J connectivity index is 1.37. The number of amides is 1. The molecule has 36 heavy (non-hydrogen) atoms. The number of hydrogen-bond donors (Lipinski definition) is 1. The van der Waals surface area contributed by atoms with Crippen molar-refractivity contribution in [3.05, 3.63) is 80.6 Å². The number of sulfonamides is 1. The molecule has 0 unspecified atom stereocenters. The van der Waals surface area contributed by atoms with Gasteiger partial charge in [-0.1, -0.05) is 23.2 Å². The van der Waals surface area contributed by atoms with Gasteiger partial charge in [0.2, 0.25) is 0 Å². The van der Waals surface area contributed by atoms with Crippen molar-refractivity contribution in [3.8, 4) is 0 Å². The van der Waals surface area contributed by atoms with Crippen LogP contribution in [0, 0.1) is 0 Å². The molecule has 2 heterocycles. The number of hydrogen-bond acceptors (Lipinski definition) is 5. The number of anilines is 1. The largest absolute Gasteiger partial charge is 0.417 e. The first-order chi connectivity index (χ1) is 16.9. The molecule has 1 aromatic heterocycles. The van der Waals surface area contributed by atoms with E-state index in [1.807, 2.05) is 0 Å². The van der Waals surface area contributed by atoms with E-state index in [-0.39, 0.29) is 47.9 Å². The van der Waals surface area contributed by atoms with E-state index < -0.39 is 21.8 Å². The predicted octanol–water partition coefficient (Wildman–Crippen LogP) is 5.51. The van der Waals surface area contributed by atoms with Crippen LogP contribution < -0.4 is 10.2 Å². The van der Waals surface area contributed by atoms with E-state index in [2.05, 4.69) is 5.32 Å². The Morgan fingerprint density at radius 3 is 2.28 bits per heavy atom. The number of piperazine rings is 1. The van der Waals surface area contributed by atoms with Crippen LogP contribution in [-0.4, -0.2) is 44.8 Å². The zero-order chi connectivity index (χ0) is 26.1. The van der Waals surface area contributed by atoms with Crippen LogP contribution in [0.2, 0.25) is 10.0 Å². The quantitative estimate of drug-likeness (QED) is 0.419. The zero-order valence-electron chi connectivity index (χ0n) is 18.6. The minimum absolute atomic E-state index is 0.118. The van der Waals surface area contributed by atoms with Gasteiger partial charge in [0, 0.05) is 47.3 Å². The Kier molecular flexibility index (Phi) is 7.86. The third-order valence-corrected chi connectivity index (χ3v) is 9.65. The summed E-state index contributed by atoms with van der Waals surface area (Å²) in [4.78, 5) is 14.6. The van der Waals surface area contributed by atoms with E-state index in [9.17, 15) is 26.4 Å². The van der Waals surface area contributed by atoms with Crippen molar-refractivity contribution in [2.45, 2.75) is 16.9 Å². The van der Waals surface area contributed by atoms with E-state index in [1.54, 1.807) is 35.2 Å². The molecule has 0 radical (unpaired) electrons. The van der Waals surface area contributed by atoms with Gasteiger partial charge in [0.25, 0.3) is 15.9 Å². The van der Waals surface area contributed by atoms with Crippen LogP contribution >= 0.6 is 34.5 Å². The average Bonchev–Trinajstić information content (AvgIpc) is 3.33. The van der Waals surface area contributed by atoms with Gasteiger partial charge < -0.3 is 10.2 Å². The number of thiophene rings is 1. The van der Waals surface area contributed by atoms with Crippen molar-refractivity contribution in [2.75, 3.05) is 31.1 Å². The fraction of sp³-hybridized carbons (Fsp3) is 0.261. The smallest absolute Gasteiger partial charge is 0.369 e. The maximum absolute atomic E-state index is 13.2. The molecule has 2 aromatic carbocycles. The minimum atomic E-state index is -4.58. The number of benzene rings is 2. The van der Waals surface area contributed by atoms with Crippen molar-refractivity contribution < 1.29 is 26.4 Å². The minimum Gasteiger partial charge on any atom is -0.369 e. The summed E-state index contributed by atoms with van der Waals surface area (Å²) in [5.74, 6) is -0.309. The van der Waals surface area contributed by atoms with Gasteiger partial charge in [0.05, 0.1) is 17.1 Å². The predicted molar refractivity (Wildman–Crippen MR) is 134 cm³/mol. The fourth-order valence-corrected chi connectivity index (χ4v) is 6.93. The molecule has 6 nitrogen and oxygen atoms in total. The van der Waals surface area contributed by atoms with Gasteiger partial charge in [0.1, 0.15) is 4.21 Å². The second-order valence-electron chi connectivity index (χ2n) is 7.96. The molecule has 1 N–H and O–H groups in total. The van der Waals surface area contributed by atoms with Crippen LogP contribution in [-0.2, 0) is 22.7 Å². The van der Waals surface area contributed by atoms with Gasteiger partial charge in [-0.2, -0.15) is 17.5 Å². The van der Waals surface area contributed by atoms with Crippen LogP contribution in [0.1, 0.15) is 20.8 Å². The summed E-state index contributed by atoms with van der Waals surface area (Å²) in [5, 5.41) is 2.88. The van der Waals surface area contributed by atoms with E-state index in [4.69, 9.17) is 23.2 Å². The van der Waals surface area contributed by atoms with Crippen LogP contribution in [0.5, 0.6) is 0 Å². The van der Waals surface area contributed by atoms with E-state index in [0.717, 1.165) is 17.4 Å². The highest BCUT2D eigenvalue weighted by atomic mass is 35.5. The molecule has 0 atom stereocenters. The Hall–Kier alpha value is -2.31. The number of alkyl halides is 3. The molecule has 1 fully saturated rings. The molecule has 0 spiro atoms. The highest BCUT2D eigenvalue weighted by Gasteiger charge is 2.35. The third kappa shape index (κ3) is 5.97. The van der Waals surface area contributed by atoms with Gasteiger partial charge in [-0.05, 0) is 54.6 Å². The molecule has 0 bridgehead atoms. The molecule has 1 aliphatic rings. The topological polar surface area (TPSA) is 69.7 Å². The molecule has 13 heteroatoms. The van der Waals surface area contributed by atoms with E-state index in [0.29, 0.717) is 21.2 Å². The number of nitrogens with one attached hydrogen (secondary N) is 1. The lowest BCUT2D eigenvalue weighted by molar-refractivity contribution is -0.137. The van der Waals surface area contributed by atoms with Crippen molar-refractivity contribution in [1.82, 2.24) is 9.62 Å². The van der Waals surface area contributed by atoms with Gasteiger partial charge in [-0.3, -0.25) is 4.79 Å². The molecule has 1 saturated heterocycles. The molecule has 192 valence electrons. The van der Waals surface area contributed by atoms with Gasteiger partial charge in [-0.15, -0.1) is 11.3 Å². The lowest BCUT2D eigenvalue weighted by Gasteiger charge is -2.35. The molecular weight excluding hydrogens is 558 g/mol. The molecule has 1 amide bonds. The molecule has 0 aliphatic carbocycles. The Bertz CT molecular complexity index is 1350. The number of carbonyl (C=O) groups is 1. The number of rotatable bonds is 6. The number of nitrogens with zero attached hydrogens (tertiary/aromatic N) is 2. The molecule has 1 aliphatic heterocycles. The first-order valence-electron chi connectivity index (χ1n) is 10.7. The average molecular weight is 578 g/mol.